The van der Waals surface area contributed by atoms with Crippen molar-refractivity contribution in [1.29, 1.82) is 0 Å². The summed E-state index contributed by atoms with van der Waals surface area (Å²) in [6.45, 7) is -0.0297. The predicted octanol–water partition coefficient (Wildman–Crippen LogP) is 0.535. The number of carboxylic acids is 1. The van der Waals surface area contributed by atoms with Crippen LogP contribution in [0.2, 0.25) is 0 Å². The first-order chi connectivity index (χ1) is 9.58. The van der Waals surface area contributed by atoms with E-state index in [1.54, 1.807) is 18.2 Å². The molecule has 0 atom stereocenters. The highest BCUT2D eigenvalue weighted by Gasteiger charge is 2.10. The molecular formula is C13H17NO6. The van der Waals surface area contributed by atoms with Gasteiger partial charge in [0.2, 0.25) is 0 Å². The minimum Gasteiger partial charge on any atom is -0.493 e. The van der Waals surface area contributed by atoms with E-state index in [1.165, 1.54) is 14.2 Å². The van der Waals surface area contributed by atoms with Gasteiger partial charge in [-0.25, -0.2) is 4.79 Å². The van der Waals surface area contributed by atoms with E-state index < -0.39 is 5.97 Å². The molecule has 1 aromatic carbocycles. The van der Waals surface area contributed by atoms with Gasteiger partial charge in [-0.2, -0.15) is 0 Å². The lowest BCUT2D eigenvalue weighted by atomic mass is 10.2. The number of rotatable bonds is 8. The molecule has 110 valence electrons. The summed E-state index contributed by atoms with van der Waals surface area (Å²) in [4.78, 5) is 22.0. The minimum atomic E-state index is -1.05. The van der Waals surface area contributed by atoms with Crippen molar-refractivity contribution in [3.05, 3.63) is 23.8 Å². The van der Waals surface area contributed by atoms with Crippen LogP contribution in [0.15, 0.2) is 18.2 Å². The van der Waals surface area contributed by atoms with E-state index >= 15 is 0 Å². The number of hydrogen-bond acceptors (Lipinski definition) is 5. The van der Waals surface area contributed by atoms with Gasteiger partial charge in [-0.3, -0.25) is 4.79 Å². The largest absolute Gasteiger partial charge is 0.493 e. The number of amides is 1. The number of carbonyl (C=O) groups is 2. The average molecular weight is 283 g/mol. The van der Waals surface area contributed by atoms with Crippen LogP contribution < -0.4 is 14.8 Å². The van der Waals surface area contributed by atoms with Crippen molar-refractivity contribution >= 4 is 11.9 Å². The molecule has 0 aliphatic carbocycles. The van der Waals surface area contributed by atoms with E-state index in [0.717, 1.165) is 0 Å². The Labute approximate surface area is 116 Å². The molecule has 0 aliphatic rings. The van der Waals surface area contributed by atoms with Gasteiger partial charge in [0.15, 0.2) is 11.5 Å². The van der Waals surface area contributed by atoms with Crippen LogP contribution in [0.1, 0.15) is 10.4 Å². The Bertz CT molecular complexity index is 474. The second-order valence-electron chi connectivity index (χ2n) is 3.77. The summed E-state index contributed by atoms with van der Waals surface area (Å²) in [7, 11) is 3.00. The van der Waals surface area contributed by atoms with E-state index in [9.17, 15) is 9.59 Å². The molecule has 7 nitrogen and oxygen atoms in total. The number of benzene rings is 1. The van der Waals surface area contributed by atoms with Gasteiger partial charge in [0, 0.05) is 12.1 Å². The van der Waals surface area contributed by atoms with Crippen molar-refractivity contribution in [2.24, 2.45) is 0 Å². The summed E-state index contributed by atoms with van der Waals surface area (Å²) >= 11 is 0. The van der Waals surface area contributed by atoms with Crippen LogP contribution in [0.3, 0.4) is 0 Å². The maximum atomic E-state index is 11.8. The summed E-state index contributed by atoms with van der Waals surface area (Å²) in [5, 5.41) is 11.0. The third-order valence-corrected chi connectivity index (χ3v) is 2.40. The third-order valence-electron chi connectivity index (χ3n) is 2.40. The zero-order valence-electron chi connectivity index (χ0n) is 11.3. The van der Waals surface area contributed by atoms with Crippen LogP contribution in [0, 0.1) is 0 Å². The van der Waals surface area contributed by atoms with Crippen LogP contribution >= 0.6 is 0 Å². The summed E-state index contributed by atoms with van der Waals surface area (Å²) in [5.74, 6) is -0.350. The molecule has 0 aromatic heterocycles. The number of carboxylic acid groups (broad SMARTS) is 1. The zero-order valence-corrected chi connectivity index (χ0v) is 11.3. The van der Waals surface area contributed by atoms with Crippen molar-refractivity contribution in [3.63, 3.8) is 0 Å². The molecule has 0 saturated heterocycles. The Morgan fingerprint density at radius 1 is 1.20 bits per heavy atom. The maximum absolute atomic E-state index is 11.8. The van der Waals surface area contributed by atoms with Crippen molar-refractivity contribution in [2.45, 2.75) is 0 Å². The molecule has 0 radical (unpaired) electrons. The van der Waals surface area contributed by atoms with Crippen molar-refractivity contribution in [1.82, 2.24) is 5.32 Å². The molecule has 20 heavy (non-hydrogen) atoms. The maximum Gasteiger partial charge on any atom is 0.329 e. The molecule has 2 N–H and O–H groups in total. The molecule has 0 bridgehead atoms. The molecule has 0 heterocycles. The Morgan fingerprint density at radius 3 is 2.50 bits per heavy atom. The highest BCUT2D eigenvalue weighted by atomic mass is 16.5. The molecule has 0 unspecified atom stereocenters. The molecule has 0 spiro atoms. The van der Waals surface area contributed by atoms with Gasteiger partial charge >= 0.3 is 5.97 Å². The monoisotopic (exact) mass is 283 g/mol. The van der Waals surface area contributed by atoms with Gasteiger partial charge in [-0.15, -0.1) is 0 Å². The normalized spacial score (nSPS) is 9.90. The summed E-state index contributed by atoms with van der Waals surface area (Å²) in [5.41, 5.74) is 0.417. The smallest absolute Gasteiger partial charge is 0.329 e. The highest BCUT2D eigenvalue weighted by molar-refractivity contribution is 5.94. The minimum absolute atomic E-state index is 0.130. The van der Waals surface area contributed by atoms with E-state index in [1.807, 2.05) is 0 Å². The fourth-order valence-corrected chi connectivity index (χ4v) is 1.48. The van der Waals surface area contributed by atoms with Crippen molar-refractivity contribution < 1.29 is 28.9 Å². The van der Waals surface area contributed by atoms with Crippen LogP contribution in [-0.4, -0.2) is 51.0 Å². The number of aliphatic carboxylic acids is 1. The first-order valence-corrected chi connectivity index (χ1v) is 5.88. The van der Waals surface area contributed by atoms with Crippen LogP contribution in [0.25, 0.3) is 0 Å². The Kier molecular flexibility index (Phi) is 6.31. The van der Waals surface area contributed by atoms with Gasteiger partial charge < -0.3 is 24.6 Å². The predicted molar refractivity (Wildman–Crippen MR) is 70.3 cm³/mol. The van der Waals surface area contributed by atoms with Gasteiger partial charge in [0.25, 0.3) is 5.91 Å². The molecule has 1 amide bonds. The number of carbonyl (C=O) groups excluding carboxylic acids is 1. The average Bonchev–Trinajstić information content (AvgIpc) is 2.45. The second kappa shape index (κ2) is 8.00. The topological polar surface area (TPSA) is 94.1 Å². The lowest BCUT2D eigenvalue weighted by Crippen LogP contribution is -2.27. The molecular weight excluding hydrogens is 266 g/mol. The number of nitrogens with one attached hydrogen (secondary N) is 1. The fourth-order valence-electron chi connectivity index (χ4n) is 1.48. The summed E-state index contributed by atoms with van der Waals surface area (Å²) < 4.78 is 15.0. The van der Waals surface area contributed by atoms with E-state index in [2.05, 4.69) is 5.32 Å². The van der Waals surface area contributed by atoms with E-state index in [0.29, 0.717) is 17.1 Å². The van der Waals surface area contributed by atoms with Crippen molar-refractivity contribution in [2.75, 3.05) is 34.0 Å². The molecule has 7 heteroatoms. The van der Waals surface area contributed by atoms with Crippen molar-refractivity contribution in [3.8, 4) is 11.5 Å². The Morgan fingerprint density at radius 2 is 1.90 bits per heavy atom. The first kappa shape index (κ1) is 15.8. The zero-order chi connectivity index (χ0) is 15.0. The summed E-state index contributed by atoms with van der Waals surface area (Å²) in [6.07, 6.45) is 0. The number of methoxy groups -OCH3 is 2. The fraction of sp³-hybridized carbons (Fsp3) is 0.385. The second-order valence-corrected chi connectivity index (χ2v) is 3.77. The number of hydrogen-bond donors (Lipinski definition) is 2. The standard InChI is InChI=1S/C13H17NO6/c1-18-10-4-3-9(7-11(10)19-2)13(17)14-5-6-20-8-12(15)16/h3-4,7H,5-6,8H2,1-2H3,(H,14,17)(H,15,16). The SMILES string of the molecule is COc1ccc(C(=O)NCCOCC(=O)O)cc1OC. The lowest BCUT2D eigenvalue weighted by molar-refractivity contribution is -0.142. The molecule has 0 saturated carbocycles. The van der Waals surface area contributed by atoms with Crippen LogP contribution in [-0.2, 0) is 9.53 Å². The van der Waals surface area contributed by atoms with Crippen LogP contribution in [0.5, 0.6) is 11.5 Å². The van der Waals surface area contributed by atoms with Gasteiger partial charge in [0.05, 0.1) is 20.8 Å². The van der Waals surface area contributed by atoms with Gasteiger partial charge in [0.1, 0.15) is 6.61 Å². The Balaban J connectivity index is 2.49. The highest BCUT2D eigenvalue weighted by Crippen LogP contribution is 2.27. The summed E-state index contributed by atoms with van der Waals surface area (Å²) in [6, 6.07) is 4.80. The molecule has 1 rings (SSSR count). The van der Waals surface area contributed by atoms with Gasteiger partial charge in [-0.1, -0.05) is 0 Å². The first-order valence-electron chi connectivity index (χ1n) is 5.88. The number of ether oxygens (including phenoxy) is 3. The van der Waals surface area contributed by atoms with Crippen LogP contribution in [0.4, 0.5) is 0 Å². The lowest BCUT2D eigenvalue weighted by Gasteiger charge is -2.10. The van der Waals surface area contributed by atoms with Gasteiger partial charge in [-0.05, 0) is 18.2 Å². The molecule has 0 aliphatic heterocycles. The Hall–Kier alpha value is -2.28. The van der Waals surface area contributed by atoms with E-state index in [-0.39, 0.29) is 25.7 Å². The quantitative estimate of drug-likeness (QED) is 0.676. The van der Waals surface area contributed by atoms with E-state index in [4.69, 9.17) is 19.3 Å². The molecule has 1 aromatic rings. The third kappa shape index (κ3) is 4.77. The molecule has 0 fully saturated rings.